The average molecular weight is 434 g/mol. The van der Waals surface area contributed by atoms with Crippen LogP contribution in [0.4, 0.5) is 10.7 Å². The Morgan fingerprint density at radius 2 is 1.75 bits per heavy atom. The first-order chi connectivity index (χ1) is 15.1. The van der Waals surface area contributed by atoms with Crippen molar-refractivity contribution in [3.05, 3.63) is 77.5 Å². The van der Waals surface area contributed by atoms with Crippen LogP contribution in [0.5, 0.6) is 0 Å². The summed E-state index contributed by atoms with van der Waals surface area (Å²) >= 11 is 0. The van der Waals surface area contributed by atoms with E-state index in [2.05, 4.69) is 15.3 Å². The Balaban J connectivity index is 1.64. The first-order valence-corrected chi connectivity index (χ1v) is 10.2. The lowest BCUT2D eigenvalue weighted by atomic mass is 10.0. The maximum absolute atomic E-state index is 12.6. The summed E-state index contributed by atoms with van der Waals surface area (Å²) in [6, 6.07) is 16.4. The van der Waals surface area contributed by atoms with E-state index >= 15 is 0 Å². The molecule has 0 saturated carbocycles. The Morgan fingerprint density at radius 1 is 1.06 bits per heavy atom. The summed E-state index contributed by atoms with van der Waals surface area (Å²) in [7, 11) is 0. The third-order valence-corrected chi connectivity index (χ3v) is 4.94. The average Bonchev–Trinajstić information content (AvgIpc) is 2.75. The van der Waals surface area contributed by atoms with Gasteiger partial charge >= 0.3 is 6.09 Å². The van der Waals surface area contributed by atoms with E-state index in [0.717, 1.165) is 16.7 Å². The minimum atomic E-state index is -0.968. The van der Waals surface area contributed by atoms with Crippen molar-refractivity contribution >= 4 is 17.9 Å². The quantitative estimate of drug-likeness (QED) is 0.541. The fourth-order valence-electron chi connectivity index (χ4n) is 3.22. The Morgan fingerprint density at radius 3 is 2.38 bits per heavy atom. The third kappa shape index (κ3) is 5.81. The van der Waals surface area contributed by atoms with Gasteiger partial charge in [0.15, 0.2) is 0 Å². The van der Waals surface area contributed by atoms with Crippen molar-refractivity contribution in [3.8, 4) is 11.3 Å². The zero-order chi connectivity index (χ0) is 23.3. The van der Waals surface area contributed by atoms with Gasteiger partial charge in [0.1, 0.15) is 0 Å². The number of hydrogen-bond acceptors (Lipinski definition) is 5. The van der Waals surface area contributed by atoms with Crippen molar-refractivity contribution < 1.29 is 14.7 Å². The highest BCUT2D eigenvalue weighted by Crippen LogP contribution is 2.19. The molecule has 8 heteroatoms. The number of amides is 2. The van der Waals surface area contributed by atoms with Crippen LogP contribution in [-0.4, -0.2) is 37.5 Å². The van der Waals surface area contributed by atoms with Gasteiger partial charge in [-0.25, -0.2) is 14.8 Å². The first kappa shape index (κ1) is 22.7. The molecule has 0 aliphatic rings. The molecule has 2 aromatic carbocycles. The molecule has 4 N–H and O–H groups in total. The van der Waals surface area contributed by atoms with E-state index < -0.39 is 11.6 Å². The topological polar surface area (TPSA) is 121 Å². The third-order valence-electron chi connectivity index (χ3n) is 4.94. The number of benzene rings is 2. The predicted molar refractivity (Wildman–Crippen MR) is 123 cm³/mol. The zero-order valence-electron chi connectivity index (χ0n) is 18.4. The molecular formula is C24H27N5O3. The van der Waals surface area contributed by atoms with Gasteiger partial charge in [0.2, 0.25) is 5.95 Å². The van der Waals surface area contributed by atoms with Crippen LogP contribution in [0.2, 0.25) is 0 Å². The van der Waals surface area contributed by atoms with Gasteiger partial charge in [-0.05, 0) is 50.1 Å². The molecule has 0 spiro atoms. The van der Waals surface area contributed by atoms with Crippen LogP contribution >= 0.6 is 0 Å². The second kappa shape index (κ2) is 9.47. The van der Waals surface area contributed by atoms with Crippen LogP contribution in [0.15, 0.2) is 60.8 Å². The molecule has 0 aliphatic heterocycles. The molecule has 0 atom stereocenters. The highest BCUT2D eigenvalue weighted by atomic mass is 16.4. The van der Waals surface area contributed by atoms with Gasteiger partial charge < -0.3 is 16.2 Å². The van der Waals surface area contributed by atoms with Crippen LogP contribution in [0.3, 0.4) is 0 Å². The molecule has 32 heavy (non-hydrogen) atoms. The number of hydrogen-bond donors (Lipinski definition) is 3. The van der Waals surface area contributed by atoms with Crippen molar-refractivity contribution in [2.45, 2.75) is 39.4 Å². The smallest absolute Gasteiger partial charge is 0.408 e. The molecular weight excluding hydrogens is 406 g/mol. The van der Waals surface area contributed by atoms with E-state index in [9.17, 15) is 14.7 Å². The number of nitrogens with zero attached hydrogens (tertiary/aromatic N) is 3. The summed E-state index contributed by atoms with van der Waals surface area (Å²) in [4.78, 5) is 33.6. The van der Waals surface area contributed by atoms with E-state index in [1.165, 1.54) is 4.90 Å². The molecule has 3 rings (SSSR count). The molecule has 1 aromatic heterocycles. The Kier molecular flexibility index (Phi) is 6.73. The zero-order valence-corrected chi connectivity index (χ0v) is 18.4. The second-order valence-electron chi connectivity index (χ2n) is 8.42. The standard InChI is InChI=1S/C24H27N5O3/c1-24(2,3)29(23(31)32)15-17-6-4-5-16(13-17)14-27-21(30)19-9-7-18(8-10-19)20-11-12-26-22(25)28-20/h4-13H,14-15H2,1-3H3,(H,27,30)(H,31,32)(H2,25,26,28). The number of carbonyl (C=O) groups excluding carboxylic acids is 1. The van der Waals surface area contributed by atoms with Gasteiger partial charge in [-0.2, -0.15) is 0 Å². The van der Waals surface area contributed by atoms with E-state index in [4.69, 9.17) is 5.73 Å². The minimum Gasteiger partial charge on any atom is -0.465 e. The van der Waals surface area contributed by atoms with Crippen LogP contribution in [0.25, 0.3) is 11.3 Å². The van der Waals surface area contributed by atoms with E-state index in [1.807, 2.05) is 57.2 Å². The lowest BCUT2D eigenvalue weighted by molar-refractivity contribution is 0.0946. The maximum Gasteiger partial charge on any atom is 0.408 e. The molecule has 166 valence electrons. The number of carboxylic acid groups (broad SMARTS) is 1. The molecule has 0 aliphatic carbocycles. The molecule has 0 radical (unpaired) electrons. The predicted octanol–water partition coefficient (Wildman–Crippen LogP) is 3.93. The monoisotopic (exact) mass is 433 g/mol. The van der Waals surface area contributed by atoms with Gasteiger partial charge in [0.25, 0.3) is 5.91 Å². The summed E-state index contributed by atoms with van der Waals surface area (Å²) in [5.41, 5.74) is 8.91. The number of rotatable bonds is 6. The number of aromatic nitrogens is 2. The van der Waals surface area contributed by atoms with E-state index in [-0.39, 0.29) is 18.4 Å². The molecule has 0 fully saturated rings. The van der Waals surface area contributed by atoms with Crippen LogP contribution in [0, 0.1) is 0 Å². The van der Waals surface area contributed by atoms with Crippen molar-refractivity contribution in [2.75, 3.05) is 5.73 Å². The molecule has 0 unspecified atom stereocenters. The lowest BCUT2D eigenvalue weighted by Crippen LogP contribution is -2.44. The van der Waals surface area contributed by atoms with Crippen molar-refractivity contribution in [1.29, 1.82) is 0 Å². The molecule has 0 saturated heterocycles. The van der Waals surface area contributed by atoms with E-state index in [1.54, 1.807) is 24.4 Å². The van der Waals surface area contributed by atoms with Gasteiger partial charge in [-0.15, -0.1) is 0 Å². The number of nitrogen functional groups attached to an aromatic ring is 1. The molecule has 1 heterocycles. The summed E-state index contributed by atoms with van der Waals surface area (Å²) in [6.45, 7) is 6.18. The Bertz CT molecular complexity index is 1110. The number of carbonyl (C=O) groups is 2. The van der Waals surface area contributed by atoms with Crippen LogP contribution in [-0.2, 0) is 13.1 Å². The van der Waals surface area contributed by atoms with Crippen LogP contribution < -0.4 is 11.1 Å². The number of anilines is 1. The minimum absolute atomic E-state index is 0.195. The fraction of sp³-hybridized carbons (Fsp3) is 0.250. The Labute approximate surface area is 187 Å². The normalized spacial score (nSPS) is 11.1. The second-order valence-corrected chi connectivity index (χ2v) is 8.42. The van der Waals surface area contributed by atoms with Gasteiger partial charge in [-0.3, -0.25) is 9.69 Å². The van der Waals surface area contributed by atoms with Crippen molar-refractivity contribution in [2.24, 2.45) is 0 Å². The first-order valence-electron chi connectivity index (χ1n) is 10.2. The highest BCUT2D eigenvalue weighted by Gasteiger charge is 2.26. The van der Waals surface area contributed by atoms with Gasteiger partial charge in [0, 0.05) is 36.0 Å². The summed E-state index contributed by atoms with van der Waals surface area (Å²) in [5, 5.41) is 12.4. The molecule has 2 amide bonds. The van der Waals surface area contributed by atoms with Gasteiger partial charge in [0.05, 0.1) is 5.69 Å². The van der Waals surface area contributed by atoms with Crippen molar-refractivity contribution in [1.82, 2.24) is 20.2 Å². The van der Waals surface area contributed by atoms with Crippen LogP contribution in [0.1, 0.15) is 42.3 Å². The molecule has 3 aromatic rings. The summed E-state index contributed by atoms with van der Waals surface area (Å²) < 4.78 is 0. The highest BCUT2D eigenvalue weighted by molar-refractivity contribution is 5.94. The summed E-state index contributed by atoms with van der Waals surface area (Å²) in [6.07, 6.45) is 0.619. The molecule has 8 nitrogen and oxygen atoms in total. The number of nitrogens with one attached hydrogen (secondary N) is 1. The van der Waals surface area contributed by atoms with E-state index in [0.29, 0.717) is 17.8 Å². The fourth-order valence-corrected chi connectivity index (χ4v) is 3.22. The SMILES string of the molecule is CC(C)(C)N(Cc1cccc(CNC(=O)c2ccc(-c3ccnc(N)n3)cc2)c1)C(=O)O. The Hall–Kier alpha value is -3.94. The summed E-state index contributed by atoms with van der Waals surface area (Å²) in [5.74, 6) is -0.00784. The number of nitrogens with two attached hydrogens (primary N) is 1. The van der Waals surface area contributed by atoms with Gasteiger partial charge in [-0.1, -0.05) is 36.4 Å². The lowest BCUT2D eigenvalue weighted by Gasteiger charge is -2.33. The largest absolute Gasteiger partial charge is 0.465 e. The molecule has 0 bridgehead atoms. The van der Waals surface area contributed by atoms with Crippen molar-refractivity contribution in [3.63, 3.8) is 0 Å². The maximum atomic E-state index is 12.6.